The smallest absolute Gasteiger partial charge is 0.253 e. The maximum Gasteiger partial charge on any atom is 0.253 e. The van der Waals surface area contributed by atoms with E-state index in [1.165, 1.54) is 0 Å². The van der Waals surface area contributed by atoms with Crippen LogP contribution >= 0.6 is 11.6 Å². The van der Waals surface area contributed by atoms with Crippen molar-refractivity contribution in [3.05, 3.63) is 77.5 Å². The summed E-state index contributed by atoms with van der Waals surface area (Å²) >= 11 is 6.04. The Morgan fingerprint density at radius 1 is 1.33 bits per heavy atom. The van der Waals surface area contributed by atoms with E-state index >= 15 is 0 Å². The maximum absolute atomic E-state index is 12.5. The highest BCUT2D eigenvalue weighted by Crippen LogP contribution is 2.20. The number of benzene rings is 1. The molecule has 1 unspecified atom stereocenters. The molecule has 2 heterocycles. The highest BCUT2D eigenvalue weighted by molar-refractivity contribution is 6.30. The van der Waals surface area contributed by atoms with Crippen molar-refractivity contribution in [1.82, 2.24) is 19.9 Å². The van der Waals surface area contributed by atoms with E-state index in [0.29, 0.717) is 16.4 Å². The highest BCUT2D eigenvalue weighted by atomic mass is 35.5. The molecule has 24 heavy (non-hydrogen) atoms. The molecule has 0 aliphatic carbocycles. The number of nitrogens with one attached hydrogen (secondary N) is 1. The topological polar surface area (TPSA) is 59.8 Å². The number of rotatable bonds is 5. The Labute approximate surface area is 145 Å². The molecule has 0 spiro atoms. The van der Waals surface area contributed by atoms with Crippen molar-refractivity contribution in [1.29, 1.82) is 0 Å². The molecule has 2 aromatic heterocycles. The fourth-order valence-electron chi connectivity index (χ4n) is 2.45. The van der Waals surface area contributed by atoms with Crippen LogP contribution in [0.5, 0.6) is 0 Å². The van der Waals surface area contributed by atoms with Crippen LogP contribution in [0.3, 0.4) is 0 Å². The molecule has 6 heteroatoms. The van der Waals surface area contributed by atoms with Crippen molar-refractivity contribution < 1.29 is 4.79 Å². The van der Waals surface area contributed by atoms with E-state index in [-0.39, 0.29) is 11.9 Å². The van der Waals surface area contributed by atoms with Gasteiger partial charge in [-0.05, 0) is 36.2 Å². The van der Waals surface area contributed by atoms with Crippen molar-refractivity contribution in [2.45, 2.75) is 19.4 Å². The maximum atomic E-state index is 12.5. The van der Waals surface area contributed by atoms with Crippen molar-refractivity contribution in [2.24, 2.45) is 0 Å². The van der Waals surface area contributed by atoms with Crippen LogP contribution in [-0.2, 0) is 0 Å². The molecule has 0 aliphatic heterocycles. The first-order valence-corrected chi connectivity index (χ1v) is 8.06. The number of carbonyl (C=O) groups excluding carboxylic acids is 1. The quantitative estimate of drug-likeness (QED) is 0.768. The number of nitrogens with zero attached hydrogens (tertiary/aromatic N) is 3. The third-order valence-electron chi connectivity index (χ3n) is 3.74. The van der Waals surface area contributed by atoms with Gasteiger partial charge in [0.1, 0.15) is 12.1 Å². The first-order chi connectivity index (χ1) is 11.7. The van der Waals surface area contributed by atoms with Gasteiger partial charge in [0.25, 0.3) is 5.91 Å². The van der Waals surface area contributed by atoms with Gasteiger partial charge < -0.3 is 5.32 Å². The number of carbonyl (C=O) groups is 1. The monoisotopic (exact) mass is 340 g/mol. The van der Waals surface area contributed by atoms with Crippen LogP contribution < -0.4 is 5.32 Å². The van der Waals surface area contributed by atoms with E-state index in [2.05, 4.69) is 15.3 Å². The molecule has 1 N–H and O–H groups in total. The zero-order chi connectivity index (χ0) is 16.9. The lowest BCUT2D eigenvalue weighted by molar-refractivity contribution is 0.0935. The minimum Gasteiger partial charge on any atom is -0.345 e. The summed E-state index contributed by atoms with van der Waals surface area (Å²) in [7, 11) is 0. The number of hydrogen-bond donors (Lipinski definition) is 1. The Kier molecular flexibility index (Phi) is 4.91. The molecule has 0 radical (unpaired) electrons. The zero-order valence-electron chi connectivity index (χ0n) is 13.2. The molecular formula is C18H17ClN4O. The van der Waals surface area contributed by atoms with E-state index in [1.807, 2.05) is 31.2 Å². The van der Waals surface area contributed by atoms with Crippen LogP contribution in [0.1, 0.15) is 35.3 Å². The average Bonchev–Trinajstić information content (AvgIpc) is 3.14. The molecule has 0 fully saturated rings. The van der Waals surface area contributed by atoms with Gasteiger partial charge in [-0.25, -0.2) is 9.97 Å². The highest BCUT2D eigenvalue weighted by Gasteiger charge is 2.15. The average molecular weight is 341 g/mol. The Morgan fingerprint density at radius 2 is 2.21 bits per heavy atom. The molecule has 1 aromatic carbocycles. The summed E-state index contributed by atoms with van der Waals surface area (Å²) in [5.41, 5.74) is 1.50. The second-order valence-electron chi connectivity index (χ2n) is 5.36. The Balaban J connectivity index is 1.74. The summed E-state index contributed by atoms with van der Waals surface area (Å²) in [5.74, 6) is 0.553. The van der Waals surface area contributed by atoms with Crippen LogP contribution in [0.15, 0.2) is 61.3 Å². The fourth-order valence-corrected chi connectivity index (χ4v) is 2.65. The van der Waals surface area contributed by atoms with E-state index in [1.54, 1.807) is 41.6 Å². The molecule has 0 aliphatic rings. The number of amides is 1. The number of hydrogen-bond acceptors (Lipinski definition) is 3. The summed E-state index contributed by atoms with van der Waals surface area (Å²) in [6, 6.07) is 11.0. The molecule has 0 saturated carbocycles. The summed E-state index contributed by atoms with van der Waals surface area (Å²) in [4.78, 5) is 20.8. The summed E-state index contributed by atoms with van der Waals surface area (Å²) < 4.78 is 1.78. The molecule has 122 valence electrons. The normalized spacial score (nSPS) is 11.9. The van der Waals surface area contributed by atoms with Crippen LogP contribution in [0, 0.1) is 0 Å². The van der Waals surface area contributed by atoms with E-state index in [0.717, 1.165) is 12.0 Å². The molecule has 1 amide bonds. The lowest BCUT2D eigenvalue weighted by Crippen LogP contribution is -2.28. The first-order valence-electron chi connectivity index (χ1n) is 7.68. The number of aromatic nitrogens is 3. The van der Waals surface area contributed by atoms with Gasteiger partial charge in [-0.1, -0.05) is 30.7 Å². The van der Waals surface area contributed by atoms with Crippen molar-refractivity contribution in [3.63, 3.8) is 0 Å². The molecular weight excluding hydrogens is 324 g/mol. The summed E-state index contributed by atoms with van der Waals surface area (Å²) in [6.07, 6.45) is 7.48. The molecule has 1 atom stereocenters. The van der Waals surface area contributed by atoms with E-state index in [4.69, 9.17) is 11.6 Å². The minimum atomic E-state index is -0.161. The third kappa shape index (κ3) is 3.63. The summed E-state index contributed by atoms with van der Waals surface area (Å²) in [6.45, 7) is 2.02. The lowest BCUT2D eigenvalue weighted by atomic mass is 10.0. The summed E-state index contributed by atoms with van der Waals surface area (Å²) in [5, 5.41) is 3.68. The van der Waals surface area contributed by atoms with Crippen molar-refractivity contribution in [3.8, 4) is 5.82 Å². The van der Waals surface area contributed by atoms with E-state index < -0.39 is 0 Å². The zero-order valence-corrected chi connectivity index (χ0v) is 13.9. The lowest BCUT2D eigenvalue weighted by Gasteiger charge is -2.17. The molecule has 0 saturated heterocycles. The largest absolute Gasteiger partial charge is 0.345 e. The van der Waals surface area contributed by atoms with Gasteiger partial charge in [-0.15, -0.1) is 0 Å². The molecule has 3 aromatic rings. The van der Waals surface area contributed by atoms with Gasteiger partial charge in [-0.2, -0.15) is 0 Å². The van der Waals surface area contributed by atoms with Crippen LogP contribution in [0.2, 0.25) is 5.02 Å². The SMILES string of the molecule is CCC(NC(=O)c1ccc(-n2ccnc2)nc1)c1cccc(Cl)c1. The van der Waals surface area contributed by atoms with Gasteiger partial charge in [0.15, 0.2) is 0 Å². The number of halogens is 1. The predicted octanol–water partition coefficient (Wildman–Crippen LogP) is 3.80. The van der Waals surface area contributed by atoms with Crippen molar-refractivity contribution >= 4 is 17.5 Å². The fraction of sp³-hybridized carbons (Fsp3) is 0.167. The number of imidazole rings is 1. The van der Waals surface area contributed by atoms with Crippen LogP contribution in [0.4, 0.5) is 0 Å². The van der Waals surface area contributed by atoms with Gasteiger partial charge in [0.05, 0.1) is 11.6 Å². The predicted molar refractivity (Wildman–Crippen MR) is 93.3 cm³/mol. The standard InChI is InChI=1S/C18H17ClN4O/c1-2-16(13-4-3-5-15(19)10-13)22-18(24)14-6-7-17(21-11-14)23-9-8-20-12-23/h3-12,16H,2H2,1H3,(H,22,24). The minimum absolute atomic E-state index is 0.0930. The van der Waals surface area contributed by atoms with Crippen molar-refractivity contribution in [2.75, 3.05) is 0 Å². The Hall–Kier alpha value is -2.66. The van der Waals surface area contributed by atoms with E-state index in [9.17, 15) is 4.79 Å². The van der Waals surface area contributed by atoms with Crippen LogP contribution in [0.25, 0.3) is 5.82 Å². The van der Waals surface area contributed by atoms with Gasteiger partial charge in [0, 0.05) is 23.6 Å². The van der Waals surface area contributed by atoms with Gasteiger partial charge in [-0.3, -0.25) is 9.36 Å². The van der Waals surface area contributed by atoms with Gasteiger partial charge in [0.2, 0.25) is 0 Å². The molecule has 5 nitrogen and oxygen atoms in total. The van der Waals surface area contributed by atoms with Gasteiger partial charge >= 0.3 is 0 Å². The second-order valence-corrected chi connectivity index (χ2v) is 5.80. The second kappa shape index (κ2) is 7.27. The third-order valence-corrected chi connectivity index (χ3v) is 3.98. The Bertz CT molecular complexity index is 815. The molecule has 0 bridgehead atoms. The first kappa shape index (κ1) is 16.2. The molecule has 3 rings (SSSR count). The number of pyridine rings is 1. The van der Waals surface area contributed by atoms with Crippen LogP contribution in [-0.4, -0.2) is 20.4 Å². The Morgan fingerprint density at radius 3 is 2.83 bits per heavy atom.